The Morgan fingerprint density at radius 2 is 1.74 bits per heavy atom. The Bertz CT molecular complexity index is 558. The van der Waals surface area contributed by atoms with Crippen molar-refractivity contribution in [1.29, 1.82) is 0 Å². The zero-order valence-electron chi connectivity index (χ0n) is 10.4. The number of anilines is 1. The van der Waals surface area contributed by atoms with Crippen LogP contribution in [0.15, 0.2) is 36.4 Å². The van der Waals surface area contributed by atoms with E-state index in [4.69, 9.17) is 34.8 Å². The van der Waals surface area contributed by atoms with Crippen LogP contribution in [-0.2, 0) is 6.54 Å². The molecule has 0 saturated heterocycles. The molecule has 0 aliphatic heterocycles. The second-order valence-electron chi connectivity index (χ2n) is 4.07. The summed E-state index contributed by atoms with van der Waals surface area (Å²) in [5, 5.41) is 1.14. The lowest BCUT2D eigenvalue weighted by Gasteiger charge is -2.23. The summed E-state index contributed by atoms with van der Waals surface area (Å²) in [5.74, 6) is 0.655. The number of hydrogen-bond donors (Lipinski definition) is 0. The van der Waals surface area contributed by atoms with Gasteiger partial charge in [-0.15, -0.1) is 0 Å². The highest BCUT2D eigenvalue weighted by Gasteiger charge is 2.14. The van der Waals surface area contributed by atoms with Crippen molar-refractivity contribution >= 4 is 40.6 Å². The summed E-state index contributed by atoms with van der Waals surface area (Å²) in [7, 11) is 0. The molecule has 1 aromatic carbocycles. The van der Waals surface area contributed by atoms with Gasteiger partial charge in [-0.1, -0.05) is 65.1 Å². The van der Waals surface area contributed by atoms with Gasteiger partial charge in [0.2, 0.25) is 0 Å². The van der Waals surface area contributed by atoms with Gasteiger partial charge < -0.3 is 4.90 Å². The summed E-state index contributed by atoms with van der Waals surface area (Å²) < 4.78 is 0. The lowest BCUT2D eigenvalue weighted by Crippen LogP contribution is -2.23. The van der Waals surface area contributed by atoms with Gasteiger partial charge in [0, 0.05) is 13.1 Å². The molecule has 0 bridgehead atoms. The lowest BCUT2D eigenvalue weighted by atomic mass is 10.2. The standard InChI is InChI=1S/C14H13Cl3N2/c1-2-19(9-10-6-4-3-5-7-10)14-12(16)8-11(15)13(17)18-14/h3-8H,2,9H2,1H3. The second kappa shape index (κ2) is 6.47. The molecular weight excluding hydrogens is 303 g/mol. The number of benzene rings is 1. The van der Waals surface area contributed by atoms with Crippen LogP contribution in [0.25, 0.3) is 0 Å². The summed E-state index contributed by atoms with van der Waals surface area (Å²) >= 11 is 18.1. The van der Waals surface area contributed by atoms with Crippen molar-refractivity contribution in [3.63, 3.8) is 0 Å². The third-order valence-electron chi connectivity index (χ3n) is 2.77. The van der Waals surface area contributed by atoms with Crippen LogP contribution in [-0.4, -0.2) is 11.5 Å². The topological polar surface area (TPSA) is 16.1 Å². The average Bonchev–Trinajstić information content (AvgIpc) is 2.42. The van der Waals surface area contributed by atoms with E-state index >= 15 is 0 Å². The van der Waals surface area contributed by atoms with Gasteiger partial charge in [0.1, 0.15) is 11.0 Å². The van der Waals surface area contributed by atoms with Crippen molar-refractivity contribution in [2.45, 2.75) is 13.5 Å². The summed E-state index contributed by atoms with van der Waals surface area (Å²) in [4.78, 5) is 6.32. The van der Waals surface area contributed by atoms with Crippen LogP contribution in [0.4, 0.5) is 5.82 Å². The maximum Gasteiger partial charge on any atom is 0.150 e. The Hall–Kier alpha value is -0.960. The van der Waals surface area contributed by atoms with E-state index in [2.05, 4.69) is 22.0 Å². The molecule has 0 fully saturated rings. The first-order chi connectivity index (χ1) is 9.11. The van der Waals surface area contributed by atoms with Crippen molar-refractivity contribution in [3.8, 4) is 0 Å². The van der Waals surface area contributed by atoms with Crippen LogP contribution in [0.1, 0.15) is 12.5 Å². The van der Waals surface area contributed by atoms with Crippen molar-refractivity contribution in [1.82, 2.24) is 4.98 Å². The van der Waals surface area contributed by atoms with Crippen molar-refractivity contribution in [2.24, 2.45) is 0 Å². The molecule has 1 aromatic heterocycles. The molecule has 0 aliphatic carbocycles. The summed E-state index contributed by atoms with van der Waals surface area (Å²) in [5.41, 5.74) is 1.19. The zero-order chi connectivity index (χ0) is 13.8. The van der Waals surface area contributed by atoms with Gasteiger partial charge in [-0.3, -0.25) is 0 Å². The van der Waals surface area contributed by atoms with Gasteiger partial charge in [-0.2, -0.15) is 0 Å². The van der Waals surface area contributed by atoms with E-state index in [0.717, 1.165) is 13.1 Å². The van der Waals surface area contributed by atoms with Gasteiger partial charge >= 0.3 is 0 Å². The minimum Gasteiger partial charge on any atom is -0.351 e. The van der Waals surface area contributed by atoms with Gasteiger partial charge in [0.05, 0.1) is 10.0 Å². The molecule has 0 radical (unpaired) electrons. The normalized spacial score (nSPS) is 10.5. The van der Waals surface area contributed by atoms with Crippen LogP contribution in [0.5, 0.6) is 0 Å². The lowest BCUT2D eigenvalue weighted by molar-refractivity contribution is 0.814. The fourth-order valence-corrected chi connectivity index (χ4v) is 2.41. The number of nitrogens with zero attached hydrogens (tertiary/aromatic N) is 2. The third-order valence-corrected chi connectivity index (χ3v) is 3.72. The highest BCUT2D eigenvalue weighted by molar-refractivity contribution is 6.42. The van der Waals surface area contributed by atoms with Crippen LogP contribution in [0.3, 0.4) is 0 Å². The third kappa shape index (κ3) is 3.53. The maximum absolute atomic E-state index is 6.19. The largest absolute Gasteiger partial charge is 0.351 e. The summed E-state index contributed by atoms with van der Waals surface area (Å²) in [6.07, 6.45) is 0. The van der Waals surface area contributed by atoms with Crippen LogP contribution in [0.2, 0.25) is 15.2 Å². The number of halogens is 3. The molecule has 2 aromatic rings. The Kier molecular flexibility index (Phi) is 4.92. The summed E-state index contributed by atoms with van der Waals surface area (Å²) in [6, 6.07) is 11.8. The van der Waals surface area contributed by atoms with Crippen LogP contribution < -0.4 is 4.90 Å². The predicted octanol–water partition coefficient (Wildman–Crippen LogP) is 5.07. The van der Waals surface area contributed by atoms with E-state index in [1.807, 2.05) is 25.1 Å². The first-order valence-corrected chi connectivity index (χ1v) is 7.05. The maximum atomic E-state index is 6.19. The molecular formula is C14H13Cl3N2. The van der Waals surface area contributed by atoms with Crippen LogP contribution in [0, 0.1) is 0 Å². The fraction of sp³-hybridized carbons (Fsp3) is 0.214. The highest BCUT2D eigenvalue weighted by atomic mass is 35.5. The molecule has 2 rings (SSSR count). The molecule has 0 amide bonds. The monoisotopic (exact) mass is 314 g/mol. The molecule has 0 aliphatic rings. The predicted molar refractivity (Wildman–Crippen MR) is 82.4 cm³/mol. The Balaban J connectivity index is 2.30. The number of rotatable bonds is 4. The Morgan fingerprint density at radius 1 is 1.05 bits per heavy atom. The van der Waals surface area contributed by atoms with Gasteiger partial charge in [-0.25, -0.2) is 4.98 Å². The molecule has 5 heteroatoms. The van der Waals surface area contributed by atoms with Crippen LogP contribution >= 0.6 is 34.8 Å². The minimum absolute atomic E-state index is 0.271. The minimum atomic E-state index is 0.271. The highest BCUT2D eigenvalue weighted by Crippen LogP contribution is 2.31. The van der Waals surface area contributed by atoms with Crippen molar-refractivity contribution < 1.29 is 0 Å². The second-order valence-corrected chi connectivity index (χ2v) is 5.24. The van der Waals surface area contributed by atoms with Gasteiger partial charge in [0.15, 0.2) is 0 Å². The molecule has 0 N–H and O–H groups in total. The molecule has 2 nitrogen and oxygen atoms in total. The first kappa shape index (κ1) is 14.4. The van der Waals surface area contributed by atoms with E-state index < -0.39 is 0 Å². The fourth-order valence-electron chi connectivity index (χ4n) is 1.80. The number of aromatic nitrogens is 1. The first-order valence-electron chi connectivity index (χ1n) is 5.92. The van der Waals surface area contributed by atoms with E-state index in [1.165, 1.54) is 5.56 Å². The molecule has 0 unspecified atom stereocenters. The zero-order valence-corrected chi connectivity index (χ0v) is 12.7. The van der Waals surface area contributed by atoms with Crippen molar-refractivity contribution in [3.05, 3.63) is 57.2 Å². The quantitative estimate of drug-likeness (QED) is 0.732. The summed E-state index contributed by atoms with van der Waals surface area (Å²) in [6.45, 7) is 3.55. The van der Waals surface area contributed by atoms with E-state index in [-0.39, 0.29) is 5.15 Å². The molecule has 19 heavy (non-hydrogen) atoms. The van der Waals surface area contributed by atoms with E-state index in [1.54, 1.807) is 6.07 Å². The number of hydrogen-bond acceptors (Lipinski definition) is 2. The van der Waals surface area contributed by atoms with E-state index in [0.29, 0.717) is 15.9 Å². The number of pyridine rings is 1. The smallest absolute Gasteiger partial charge is 0.150 e. The molecule has 0 saturated carbocycles. The molecule has 1 heterocycles. The average molecular weight is 316 g/mol. The van der Waals surface area contributed by atoms with Gasteiger partial charge in [-0.05, 0) is 18.6 Å². The molecule has 100 valence electrons. The molecule has 0 atom stereocenters. The molecule has 0 spiro atoms. The SMILES string of the molecule is CCN(Cc1ccccc1)c1nc(Cl)c(Cl)cc1Cl. The van der Waals surface area contributed by atoms with E-state index in [9.17, 15) is 0 Å². The van der Waals surface area contributed by atoms with Crippen molar-refractivity contribution in [2.75, 3.05) is 11.4 Å². The Labute approximate surface area is 127 Å². The van der Waals surface area contributed by atoms with Gasteiger partial charge in [0.25, 0.3) is 0 Å². The Morgan fingerprint density at radius 3 is 2.37 bits per heavy atom.